The number of rotatable bonds is 5. The lowest BCUT2D eigenvalue weighted by Crippen LogP contribution is -2.23. The molecule has 3 aromatic carbocycles. The number of alkyl halides is 3. The number of hydrogen-bond acceptors (Lipinski definition) is 1. The summed E-state index contributed by atoms with van der Waals surface area (Å²) >= 11 is 0. The van der Waals surface area contributed by atoms with Crippen molar-refractivity contribution in [2.45, 2.75) is 19.6 Å². The van der Waals surface area contributed by atoms with Crippen LogP contribution in [0.3, 0.4) is 0 Å². The molecule has 1 N–H and O–H groups in total. The van der Waals surface area contributed by atoms with Gasteiger partial charge in [-0.1, -0.05) is 42.5 Å². The lowest BCUT2D eigenvalue weighted by atomic mass is 10.1. The fraction of sp³-hybridized carbons (Fsp3) is 0.115. The van der Waals surface area contributed by atoms with E-state index in [1.165, 1.54) is 24.3 Å². The number of carbonyl (C=O) groups is 1. The molecule has 7 heteroatoms. The maximum absolute atomic E-state index is 13.5. The molecule has 1 aromatic heterocycles. The van der Waals surface area contributed by atoms with Gasteiger partial charge in [0.1, 0.15) is 5.82 Å². The summed E-state index contributed by atoms with van der Waals surface area (Å²) in [5.74, 6) is -0.785. The van der Waals surface area contributed by atoms with Gasteiger partial charge in [0.15, 0.2) is 0 Å². The summed E-state index contributed by atoms with van der Waals surface area (Å²) in [5, 5.41) is 2.71. The van der Waals surface area contributed by atoms with Gasteiger partial charge in [0, 0.05) is 17.9 Å². The zero-order valence-electron chi connectivity index (χ0n) is 17.7. The largest absolute Gasteiger partial charge is 0.416 e. The van der Waals surface area contributed by atoms with Crippen LogP contribution in [0, 0.1) is 12.7 Å². The standard InChI is InChI=1S/C26H20F4N2O/c1-17-23(25(33)31-16-18-6-5-9-20(14-18)26(28,29)30)15-24(19-7-3-2-4-8-19)32(17)22-12-10-21(27)11-13-22/h2-15H,16H2,1H3,(H,31,33). The molecule has 168 valence electrons. The second-order valence-electron chi connectivity index (χ2n) is 7.59. The number of nitrogens with zero attached hydrogens (tertiary/aromatic N) is 1. The van der Waals surface area contributed by atoms with Gasteiger partial charge in [-0.15, -0.1) is 0 Å². The monoisotopic (exact) mass is 452 g/mol. The maximum Gasteiger partial charge on any atom is 0.416 e. The van der Waals surface area contributed by atoms with Gasteiger partial charge >= 0.3 is 6.18 Å². The highest BCUT2D eigenvalue weighted by atomic mass is 19.4. The SMILES string of the molecule is Cc1c(C(=O)NCc2cccc(C(F)(F)F)c2)cc(-c2ccccc2)n1-c1ccc(F)cc1. The van der Waals surface area contributed by atoms with Crippen LogP contribution >= 0.6 is 0 Å². The van der Waals surface area contributed by atoms with Gasteiger partial charge in [-0.2, -0.15) is 13.2 Å². The molecular formula is C26H20F4N2O. The molecule has 0 aliphatic heterocycles. The minimum atomic E-state index is -4.45. The summed E-state index contributed by atoms with van der Waals surface area (Å²) in [5.41, 5.74) is 2.87. The van der Waals surface area contributed by atoms with Gasteiger partial charge in [0.2, 0.25) is 0 Å². The zero-order valence-corrected chi connectivity index (χ0v) is 17.7. The fourth-order valence-corrected chi connectivity index (χ4v) is 3.72. The Balaban J connectivity index is 1.67. The average molecular weight is 452 g/mol. The Morgan fingerprint density at radius 1 is 0.909 bits per heavy atom. The van der Waals surface area contributed by atoms with Crippen LogP contribution in [-0.2, 0) is 12.7 Å². The highest BCUT2D eigenvalue weighted by Crippen LogP contribution is 2.31. The molecule has 0 bridgehead atoms. The van der Waals surface area contributed by atoms with Crippen LogP contribution in [0.2, 0.25) is 0 Å². The lowest BCUT2D eigenvalue weighted by molar-refractivity contribution is -0.137. The highest BCUT2D eigenvalue weighted by molar-refractivity contribution is 5.97. The quantitative estimate of drug-likeness (QED) is 0.343. The Labute approximate surface area is 188 Å². The minimum Gasteiger partial charge on any atom is -0.348 e. The van der Waals surface area contributed by atoms with E-state index in [0.29, 0.717) is 22.5 Å². The Morgan fingerprint density at radius 3 is 2.27 bits per heavy atom. The first-order chi connectivity index (χ1) is 15.7. The van der Waals surface area contributed by atoms with Gasteiger partial charge < -0.3 is 9.88 Å². The molecule has 0 saturated heterocycles. The van der Waals surface area contributed by atoms with E-state index in [1.807, 2.05) is 34.9 Å². The van der Waals surface area contributed by atoms with Crippen LogP contribution in [0.1, 0.15) is 27.2 Å². The van der Waals surface area contributed by atoms with E-state index in [1.54, 1.807) is 25.1 Å². The third kappa shape index (κ3) is 4.82. The Kier molecular flexibility index (Phi) is 6.05. The Bertz CT molecular complexity index is 1280. The molecule has 1 heterocycles. The number of amides is 1. The molecule has 0 radical (unpaired) electrons. The first kappa shape index (κ1) is 22.3. The average Bonchev–Trinajstić information content (AvgIpc) is 3.15. The van der Waals surface area contributed by atoms with Crippen molar-refractivity contribution in [2.75, 3.05) is 0 Å². The van der Waals surface area contributed by atoms with Crippen LogP contribution in [0.25, 0.3) is 16.9 Å². The van der Waals surface area contributed by atoms with Crippen LogP contribution in [0.4, 0.5) is 17.6 Å². The van der Waals surface area contributed by atoms with Crippen molar-refractivity contribution in [2.24, 2.45) is 0 Å². The molecule has 0 atom stereocenters. The van der Waals surface area contributed by atoms with Gasteiger partial charge in [-0.05, 0) is 60.5 Å². The van der Waals surface area contributed by atoms with Crippen molar-refractivity contribution in [3.8, 4) is 16.9 Å². The molecule has 0 aliphatic rings. The van der Waals surface area contributed by atoms with Gasteiger partial charge in [-0.3, -0.25) is 4.79 Å². The highest BCUT2D eigenvalue weighted by Gasteiger charge is 2.30. The van der Waals surface area contributed by atoms with E-state index in [0.717, 1.165) is 23.4 Å². The number of benzene rings is 3. The van der Waals surface area contributed by atoms with E-state index in [-0.39, 0.29) is 12.4 Å². The summed E-state index contributed by atoms with van der Waals surface area (Å²) < 4.78 is 54.2. The summed E-state index contributed by atoms with van der Waals surface area (Å²) in [7, 11) is 0. The van der Waals surface area contributed by atoms with Gasteiger partial charge in [0.25, 0.3) is 5.91 Å². The lowest BCUT2D eigenvalue weighted by Gasteiger charge is -2.12. The summed E-state index contributed by atoms with van der Waals surface area (Å²) in [4.78, 5) is 13.0. The summed E-state index contributed by atoms with van der Waals surface area (Å²) in [6.45, 7) is 1.72. The molecule has 0 saturated carbocycles. The fourth-order valence-electron chi connectivity index (χ4n) is 3.72. The Morgan fingerprint density at radius 2 is 1.61 bits per heavy atom. The molecule has 4 rings (SSSR count). The van der Waals surface area contributed by atoms with E-state index in [4.69, 9.17) is 0 Å². The van der Waals surface area contributed by atoms with E-state index in [2.05, 4.69) is 5.32 Å². The van der Waals surface area contributed by atoms with Crippen LogP contribution in [-0.4, -0.2) is 10.5 Å². The summed E-state index contributed by atoms with van der Waals surface area (Å²) in [6, 6.07) is 22.0. The van der Waals surface area contributed by atoms with Crippen molar-refractivity contribution >= 4 is 5.91 Å². The number of hydrogen-bond donors (Lipinski definition) is 1. The van der Waals surface area contributed by atoms with Crippen LogP contribution in [0.15, 0.2) is 84.9 Å². The van der Waals surface area contributed by atoms with Crippen molar-refractivity contribution in [3.63, 3.8) is 0 Å². The maximum atomic E-state index is 13.5. The second-order valence-corrected chi connectivity index (χ2v) is 7.59. The second kappa shape index (κ2) is 8.94. The molecule has 3 nitrogen and oxygen atoms in total. The predicted molar refractivity (Wildman–Crippen MR) is 119 cm³/mol. The molecule has 0 aliphatic carbocycles. The normalized spacial score (nSPS) is 11.4. The predicted octanol–water partition coefficient (Wildman–Crippen LogP) is 6.54. The van der Waals surface area contributed by atoms with Crippen LogP contribution < -0.4 is 5.32 Å². The molecule has 33 heavy (non-hydrogen) atoms. The van der Waals surface area contributed by atoms with E-state index >= 15 is 0 Å². The smallest absolute Gasteiger partial charge is 0.348 e. The molecule has 0 unspecified atom stereocenters. The van der Waals surface area contributed by atoms with Crippen molar-refractivity contribution in [1.82, 2.24) is 9.88 Å². The molecule has 4 aromatic rings. The van der Waals surface area contributed by atoms with Crippen molar-refractivity contribution < 1.29 is 22.4 Å². The number of nitrogens with one attached hydrogen (secondary N) is 1. The topological polar surface area (TPSA) is 34.0 Å². The van der Waals surface area contributed by atoms with E-state index in [9.17, 15) is 22.4 Å². The van der Waals surface area contributed by atoms with Crippen molar-refractivity contribution in [1.29, 1.82) is 0 Å². The van der Waals surface area contributed by atoms with Gasteiger partial charge in [0.05, 0.1) is 16.8 Å². The molecular weight excluding hydrogens is 432 g/mol. The molecule has 0 fully saturated rings. The first-order valence-electron chi connectivity index (χ1n) is 10.2. The van der Waals surface area contributed by atoms with Crippen LogP contribution in [0.5, 0.6) is 0 Å². The first-order valence-corrected chi connectivity index (χ1v) is 10.2. The Hall–Kier alpha value is -3.87. The minimum absolute atomic E-state index is 0.0510. The van der Waals surface area contributed by atoms with Gasteiger partial charge in [-0.25, -0.2) is 4.39 Å². The van der Waals surface area contributed by atoms with E-state index < -0.39 is 17.6 Å². The number of halogens is 4. The van der Waals surface area contributed by atoms with Crippen molar-refractivity contribution in [3.05, 3.63) is 113 Å². The number of carbonyl (C=O) groups excluding carboxylic acids is 1. The number of aromatic nitrogens is 1. The molecule has 0 spiro atoms. The third-order valence-corrected chi connectivity index (χ3v) is 5.35. The molecule has 1 amide bonds. The summed E-state index contributed by atoms with van der Waals surface area (Å²) in [6.07, 6.45) is -4.45. The zero-order chi connectivity index (χ0) is 23.6. The third-order valence-electron chi connectivity index (χ3n) is 5.35.